The highest BCUT2D eigenvalue weighted by Gasteiger charge is 2.16. The van der Waals surface area contributed by atoms with E-state index in [2.05, 4.69) is 5.92 Å². The highest BCUT2D eigenvalue weighted by Crippen LogP contribution is 2.13. The van der Waals surface area contributed by atoms with Crippen LogP contribution < -0.4 is 5.63 Å². The van der Waals surface area contributed by atoms with Gasteiger partial charge in [0.2, 0.25) is 0 Å². The molecule has 0 radical (unpaired) electrons. The second-order valence-corrected chi connectivity index (χ2v) is 3.85. The Hall–Kier alpha value is -2.54. The van der Waals surface area contributed by atoms with E-state index in [4.69, 9.17) is 10.8 Å². The fourth-order valence-corrected chi connectivity index (χ4v) is 1.63. The van der Waals surface area contributed by atoms with Gasteiger partial charge in [0.1, 0.15) is 11.1 Å². The number of benzene rings is 1. The van der Waals surface area contributed by atoms with E-state index in [0.717, 1.165) is 0 Å². The Kier molecular flexibility index (Phi) is 3.16. The molecule has 2 rings (SSSR count). The van der Waals surface area contributed by atoms with Gasteiger partial charge in [-0.25, -0.2) is 4.79 Å². The van der Waals surface area contributed by atoms with E-state index in [9.17, 15) is 9.59 Å². The predicted molar refractivity (Wildman–Crippen MR) is 68.3 cm³/mol. The first-order chi connectivity index (χ1) is 8.63. The zero-order valence-electron chi connectivity index (χ0n) is 9.84. The Labute approximate surface area is 104 Å². The normalized spacial score (nSPS) is 10.0. The Morgan fingerprint density at radius 3 is 2.89 bits per heavy atom. The summed E-state index contributed by atoms with van der Waals surface area (Å²) >= 11 is 0. The molecule has 90 valence electrons. The zero-order chi connectivity index (χ0) is 13.1. The lowest BCUT2D eigenvalue weighted by Gasteiger charge is -2.12. The third-order valence-corrected chi connectivity index (χ3v) is 2.55. The van der Waals surface area contributed by atoms with E-state index in [1.807, 2.05) is 6.07 Å². The standard InChI is InChI=1S/C14H11NO3/c1-3-8-15(2)13(16)11-9-10-6-4-5-7-12(10)18-14(11)17/h1,4-7,9H,8H2,2H3. The molecule has 0 aliphatic rings. The highest BCUT2D eigenvalue weighted by molar-refractivity contribution is 5.96. The lowest BCUT2D eigenvalue weighted by atomic mass is 10.1. The van der Waals surface area contributed by atoms with E-state index >= 15 is 0 Å². The number of carbonyl (C=O) groups excluding carboxylic acids is 1. The molecule has 1 aromatic heterocycles. The maximum Gasteiger partial charge on any atom is 0.349 e. The molecular weight excluding hydrogens is 230 g/mol. The van der Waals surface area contributed by atoms with E-state index < -0.39 is 11.5 Å². The van der Waals surface area contributed by atoms with Crippen molar-refractivity contribution in [2.75, 3.05) is 13.6 Å². The third kappa shape index (κ3) is 2.11. The molecule has 1 aromatic carbocycles. The molecule has 4 heteroatoms. The van der Waals surface area contributed by atoms with Crippen molar-refractivity contribution in [3.63, 3.8) is 0 Å². The molecule has 0 spiro atoms. The molecule has 0 N–H and O–H groups in total. The number of amides is 1. The van der Waals surface area contributed by atoms with Crippen LogP contribution in [0.3, 0.4) is 0 Å². The molecule has 0 saturated carbocycles. The van der Waals surface area contributed by atoms with Crippen molar-refractivity contribution in [3.8, 4) is 12.3 Å². The van der Waals surface area contributed by atoms with E-state index in [-0.39, 0.29) is 12.1 Å². The number of para-hydroxylation sites is 1. The van der Waals surface area contributed by atoms with Crippen molar-refractivity contribution in [2.24, 2.45) is 0 Å². The van der Waals surface area contributed by atoms with Crippen LogP contribution in [0.1, 0.15) is 10.4 Å². The van der Waals surface area contributed by atoms with Gasteiger partial charge in [0.15, 0.2) is 0 Å². The summed E-state index contributed by atoms with van der Waals surface area (Å²) in [6.07, 6.45) is 5.13. The lowest BCUT2D eigenvalue weighted by Crippen LogP contribution is -2.30. The first-order valence-corrected chi connectivity index (χ1v) is 5.35. The van der Waals surface area contributed by atoms with Gasteiger partial charge in [-0.05, 0) is 12.1 Å². The summed E-state index contributed by atoms with van der Waals surface area (Å²) in [7, 11) is 1.54. The van der Waals surface area contributed by atoms with E-state index in [1.54, 1.807) is 18.2 Å². The lowest BCUT2D eigenvalue weighted by molar-refractivity contribution is 0.0808. The average molecular weight is 241 g/mol. The van der Waals surface area contributed by atoms with Crippen molar-refractivity contribution in [1.29, 1.82) is 0 Å². The smallest absolute Gasteiger partial charge is 0.349 e. The number of carbonyl (C=O) groups is 1. The zero-order valence-corrected chi connectivity index (χ0v) is 9.84. The van der Waals surface area contributed by atoms with Crippen LogP contribution in [-0.2, 0) is 0 Å². The summed E-state index contributed by atoms with van der Waals surface area (Å²) in [4.78, 5) is 25.0. The number of hydrogen-bond acceptors (Lipinski definition) is 3. The van der Waals surface area contributed by atoms with Gasteiger partial charge in [0.05, 0.1) is 6.54 Å². The van der Waals surface area contributed by atoms with Crippen LogP contribution in [0, 0.1) is 12.3 Å². The second kappa shape index (κ2) is 4.76. The molecule has 4 nitrogen and oxygen atoms in total. The fourth-order valence-electron chi connectivity index (χ4n) is 1.63. The number of fused-ring (bicyclic) bond motifs is 1. The molecule has 0 aliphatic carbocycles. The van der Waals surface area contributed by atoms with Crippen molar-refractivity contribution >= 4 is 16.9 Å². The van der Waals surface area contributed by atoms with Gasteiger partial charge in [-0.3, -0.25) is 4.79 Å². The topological polar surface area (TPSA) is 50.5 Å². The maximum atomic E-state index is 12.0. The Morgan fingerprint density at radius 1 is 1.44 bits per heavy atom. The fraction of sp³-hybridized carbons (Fsp3) is 0.143. The average Bonchev–Trinajstić information content (AvgIpc) is 2.37. The predicted octanol–water partition coefficient (Wildman–Crippen LogP) is 1.50. The van der Waals surface area contributed by atoms with Gasteiger partial charge in [-0.15, -0.1) is 6.42 Å². The van der Waals surface area contributed by atoms with Crippen LogP contribution in [0.4, 0.5) is 0 Å². The van der Waals surface area contributed by atoms with Crippen molar-refractivity contribution < 1.29 is 9.21 Å². The van der Waals surface area contributed by atoms with E-state index in [0.29, 0.717) is 11.0 Å². The molecule has 18 heavy (non-hydrogen) atoms. The molecule has 2 aromatic rings. The monoisotopic (exact) mass is 241 g/mol. The molecule has 1 amide bonds. The summed E-state index contributed by atoms with van der Waals surface area (Å²) in [6.45, 7) is 0.144. The first kappa shape index (κ1) is 11.9. The van der Waals surface area contributed by atoms with Gasteiger partial charge in [-0.1, -0.05) is 24.1 Å². The van der Waals surface area contributed by atoms with Crippen LogP contribution >= 0.6 is 0 Å². The number of hydrogen-bond donors (Lipinski definition) is 0. The number of nitrogens with zero attached hydrogens (tertiary/aromatic N) is 1. The number of rotatable bonds is 2. The van der Waals surface area contributed by atoms with Gasteiger partial charge >= 0.3 is 5.63 Å². The van der Waals surface area contributed by atoms with Crippen LogP contribution in [0.25, 0.3) is 11.0 Å². The summed E-state index contributed by atoms with van der Waals surface area (Å²) in [5.74, 6) is 1.91. The first-order valence-electron chi connectivity index (χ1n) is 5.35. The molecular formula is C14H11NO3. The van der Waals surface area contributed by atoms with Crippen molar-refractivity contribution in [1.82, 2.24) is 4.90 Å². The minimum absolute atomic E-state index is 0.00792. The second-order valence-electron chi connectivity index (χ2n) is 3.85. The Bertz CT molecular complexity index is 694. The molecule has 0 bridgehead atoms. The van der Waals surface area contributed by atoms with Crippen LogP contribution in [-0.4, -0.2) is 24.4 Å². The molecule has 0 unspecified atom stereocenters. The van der Waals surface area contributed by atoms with Gasteiger partial charge in [0.25, 0.3) is 5.91 Å². The van der Waals surface area contributed by atoms with Crippen LogP contribution in [0.15, 0.2) is 39.5 Å². The SMILES string of the molecule is C#CCN(C)C(=O)c1cc2ccccc2oc1=O. The molecule has 0 aliphatic heterocycles. The van der Waals surface area contributed by atoms with Crippen LogP contribution in [0.2, 0.25) is 0 Å². The minimum Gasteiger partial charge on any atom is -0.422 e. The van der Waals surface area contributed by atoms with Crippen molar-refractivity contribution in [2.45, 2.75) is 0 Å². The highest BCUT2D eigenvalue weighted by atomic mass is 16.4. The van der Waals surface area contributed by atoms with Gasteiger partial charge in [0, 0.05) is 12.4 Å². The van der Waals surface area contributed by atoms with Gasteiger partial charge in [-0.2, -0.15) is 0 Å². The summed E-state index contributed by atoms with van der Waals surface area (Å²) < 4.78 is 5.09. The van der Waals surface area contributed by atoms with Crippen molar-refractivity contribution in [3.05, 3.63) is 46.3 Å². The Balaban J connectivity index is 2.52. The summed E-state index contributed by atoms with van der Waals surface area (Å²) in [5.41, 5.74) is -0.201. The van der Waals surface area contributed by atoms with E-state index in [1.165, 1.54) is 18.0 Å². The van der Waals surface area contributed by atoms with Crippen LogP contribution in [0.5, 0.6) is 0 Å². The summed E-state index contributed by atoms with van der Waals surface area (Å²) in [5, 5.41) is 0.703. The number of terminal acetylenes is 1. The third-order valence-electron chi connectivity index (χ3n) is 2.55. The molecule has 0 atom stereocenters. The maximum absolute atomic E-state index is 12.0. The van der Waals surface area contributed by atoms with Gasteiger partial charge < -0.3 is 9.32 Å². The quantitative estimate of drug-likeness (QED) is 0.591. The molecule has 0 fully saturated rings. The largest absolute Gasteiger partial charge is 0.422 e. The summed E-state index contributed by atoms with van der Waals surface area (Å²) in [6, 6.07) is 8.54. The Morgan fingerprint density at radius 2 is 2.17 bits per heavy atom. The molecule has 0 saturated heterocycles. The minimum atomic E-state index is -0.650. The molecule has 1 heterocycles.